The molecule has 2 heterocycles. The van der Waals surface area contributed by atoms with Gasteiger partial charge in [0.1, 0.15) is 5.82 Å². The molecule has 4 rings (SSSR count). The van der Waals surface area contributed by atoms with E-state index in [1.165, 1.54) is 0 Å². The molecule has 2 N–H and O–H groups in total. The van der Waals surface area contributed by atoms with E-state index in [1.807, 2.05) is 42.5 Å². The number of rotatable bonds is 8. The number of nitrogens with zero attached hydrogens (tertiary/aromatic N) is 4. The molecule has 8 nitrogen and oxygen atoms in total. The lowest BCUT2D eigenvalue weighted by molar-refractivity contribution is 0.0519. The summed E-state index contributed by atoms with van der Waals surface area (Å²) in [4.78, 5) is 21.7. The number of hydrogen-bond donors (Lipinski definition) is 2. The van der Waals surface area contributed by atoms with Gasteiger partial charge in [-0.1, -0.05) is 30.3 Å². The van der Waals surface area contributed by atoms with Crippen LogP contribution < -0.4 is 10.2 Å². The predicted octanol–water partition coefficient (Wildman–Crippen LogP) is 4.70. The number of carbonyl (C=O) groups is 1. The summed E-state index contributed by atoms with van der Waals surface area (Å²) in [7, 11) is 0. The fraction of sp³-hybridized carbons (Fsp3) is 0.286. The van der Waals surface area contributed by atoms with Gasteiger partial charge in [0.05, 0.1) is 19.2 Å². The van der Waals surface area contributed by atoms with Gasteiger partial charge in [-0.15, -0.1) is 0 Å². The molecule has 0 radical (unpaired) electrons. The van der Waals surface area contributed by atoms with E-state index in [9.17, 15) is 4.79 Å². The lowest BCUT2D eigenvalue weighted by atomic mass is 9.96. The van der Waals surface area contributed by atoms with Crippen LogP contribution >= 0.6 is 0 Å². The lowest BCUT2D eigenvalue weighted by Crippen LogP contribution is -2.46. The molecule has 0 aliphatic carbocycles. The van der Waals surface area contributed by atoms with Gasteiger partial charge in [0.15, 0.2) is 5.69 Å². The maximum Gasteiger partial charge on any atom is 0.357 e. The zero-order valence-electron chi connectivity index (χ0n) is 20.6. The van der Waals surface area contributed by atoms with Crippen LogP contribution in [0.25, 0.3) is 11.1 Å². The number of pyridine rings is 1. The Kier molecular flexibility index (Phi) is 7.93. The van der Waals surface area contributed by atoms with Gasteiger partial charge in [0.2, 0.25) is 0 Å². The molecule has 8 heteroatoms. The van der Waals surface area contributed by atoms with Crippen molar-refractivity contribution in [1.82, 2.24) is 9.88 Å². The van der Waals surface area contributed by atoms with Gasteiger partial charge in [-0.3, -0.25) is 4.90 Å². The third-order valence-corrected chi connectivity index (χ3v) is 6.13. The summed E-state index contributed by atoms with van der Waals surface area (Å²) < 4.78 is 5.24. The molecule has 3 aromatic rings. The number of piperazine rings is 1. The molecular weight excluding hydrogens is 452 g/mol. The molecule has 0 unspecified atom stereocenters. The highest BCUT2D eigenvalue weighted by atomic mass is 16.5. The van der Waals surface area contributed by atoms with Crippen molar-refractivity contribution in [2.75, 3.05) is 49.5 Å². The number of carbonyl (C=O) groups excluding carboxylic acids is 1. The Labute approximate surface area is 211 Å². The van der Waals surface area contributed by atoms with Crippen LogP contribution in [0.1, 0.15) is 29.9 Å². The summed E-state index contributed by atoms with van der Waals surface area (Å²) in [5.74, 6) is -0.0668. The lowest BCUT2D eigenvalue weighted by Gasteiger charge is -2.35. The van der Waals surface area contributed by atoms with Crippen LogP contribution in [0.4, 0.5) is 17.2 Å². The van der Waals surface area contributed by atoms with Crippen molar-refractivity contribution in [2.24, 2.45) is 0 Å². The number of ether oxygens (including phenoxy) is 1. The summed E-state index contributed by atoms with van der Waals surface area (Å²) in [6.45, 7) is 7.62. The van der Waals surface area contributed by atoms with Gasteiger partial charge in [-0.05, 0) is 55.3 Å². The Morgan fingerprint density at radius 3 is 2.42 bits per heavy atom. The van der Waals surface area contributed by atoms with Crippen molar-refractivity contribution >= 4 is 28.9 Å². The van der Waals surface area contributed by atoms with Crippen LogP contribution in [0.15, 0.2) is 60.7 Å². The molecule has 1 aliphatic heterocycles. The number of nitriles is 1. The van der Waals surface area contributed by atoms with Gasteiger partial charge in [0.25, 0.3) is 0 Å². The van der Waals surface area contributed by atoms with E-state index in [1.54, 1.807) is 19.9 Å². The topological polar surface area (TPSA) is 105 Å². The SMILES string of the molecule is CCOC(=O)c1cc(-c2ccc(N3CCN(CC#N)CC3)cc2)c(C(C)=N)c(Nc2ccccc2)n1. The minimum absolute atomic E-state index is 0.188. The van der Waals surface area contributed by atoms with E-state index in [2.05, 4.69) is 38.3 Å². The van der Waals surface area contributed by atoms with E-state index >= 15 is 0 Å². The Hall–Kier alpha value is -4.22. The maximum absolute atomic E-state index is 12.7. The average Bonchev–Trinajstić information content (AvgIpc) is 2.89. The highest BCUT2D eigenvalue weighted by Crippen LogP contribution is 2.33. The molecule has 1 fully saturated rings. The fourth-order valence-corrected chi connectivity index (χ4v) is 4.33. The molecule has 0 spiro atoms. The molecule has 0 atom stereocenters. The van der Waals surface area contributed by atoms with Crippen molar-refractivity contribution in [3.63, 3.8) is 0 Å². The molecule has 0 amide bonds. The minimum Gasteiger partial charge on any atom is -0.461 e. The maximum atomic E-state index is 12.7. The number of hydrogen-bond acceptors (Lipinski definition) is 8. The average molecular weight is 483 g/mol. The third kappa shape index (κ3) is 5.70. The molecule has 184 valence electrons. The van der Waals surface area contributed by atoms with E-state index in [4.69, 9.17) is 15.4 Å². The summed E-state index contributed by atoms with van der Waals surface area (Å²) >= 11 is 0. The van der Waals surface area contributed by atoms with Crippen LogP contribution in [0.2, 0.25) is 0 Å². The summed E-state index contributed by atoms with van der Waals surface area (Å²) in [6, 6.07) is 21.6. The molecule has 2 aromatic carbocycles. The van der Waals surface area contributed by atoms with Crippen molar-refractivity contribution < 1.29 is 9.53 Å². The second kappa shape index (κ2) is 11.5. The van der Waals surface area contributed by atoms with Crippen LogP contribution in [0.5, 0.6) is 0 Å². The fourth-order valence-electron chi connectivity index (χ4n) is 4.33. The van der Waals surface area contributed by atoms with E-state index < -0.39 is 5.97 Å². The molecule has 0 saturated carbocycles. The van der Waals surface area contributed by atoms with E-state index in [-0.39, 0.29) is 12.3 Å². The van der Waals surface area contributed by atoms with Crippen LogP contribution in [-0.2, 0) is 4.74 Å². The first-order chi connectivity index (χ1) is 17.5. The first-order valence-electron chi connectivity index (χ1n) is 12.0. The minimum atomic E-state index is -0.504. The third-order valence-electron chi connectivity index (χ3n) is 6.13. The number of nitrogens with one attached hydrogen (secondary N) is 2. The van der Waals surface area contributed by atoms with Gasteiger partial charge in [0, 0.05) is 48.8 Å². The van der Waals surface area contributed by atoms with Gasteiger partial charge in [-0.2, -0.15) is 5.26 Å². The molecule has 1 aromatic heterocycles. The first-order valence-corrected chi connectivity index (χ1v) is 12.0. The Morgan fingerprint density at radius 2 is 1.81 bits per heavy atom. The van der Waals surface area contributed by atoms with E-state index in [0.717, 1.165) is 48.7 Å². The number of para-hydroxylation sites is 1. The Bertz CT molecular complexity index is 1260. The molecule has 0 bridgehead atoms. The van der Waals surface area contributed by atoms with Gasteiger partial charge < -0.3 is 20.4 Å². The number of anilines is 3. The first kappa shape index (κ1) is 24.9. The molecule has 36 heavy (non-hydrogen) atoms. The van der Waals surface area contributed by atoms with Crippen molar-refractivity contribution in [3.05, 3.63) is 71.9 Å². The summed E-state index contributed by atoms with van der Waals surface area (Å²) in [6.07, 6.45) is 0. The highest BCUT2D eigenvalue weighted by Gasteiger charge is 2.21. The van der Waals surface area contributed by atoms with Crippen molar-refractivity contribution in [1.29, 1.82) is 10.7 Å². The smallest absolute Gasteiger partial charge is 0.357 e. The quantitative estimate of drug-likeness (QED) is 0.272. The van der Waals surface area contributed by atoms with Crippen molar-refractivity contribution in [3.8, 4) is 17.2 Å². The van der Waals surface area contributed by atoms with Crippen LogP contribution in [0, 0.1) is 16.7 Å². The molecule has 1 saturated heterocycles. The number of esters is 1. The standard InChI is InChI=1S/C28H30N6O2/c1-3-36-28(35)25-19-24(26(20(2)30)27(32-25)31-22-7-5-4-6-8-22)21-9-11-23(12-10-21)34-17-15-33(14-13-29)16-18-34/h4-12,19,30H,3,14-18H2,1-2H3,(H,31,32). The van der Waals surface area contributed by atoms with Gasteiger partial charge >= 0.3 is 5.97 Å². The van der Waals surface area contributed by atoms with Crippen LogP contribution in [0.3, 0.4) is 0 Å². The van der Waals surface area contributed by atoms with Crippen LogP contribution in [-0.4, -0.2) is 60.9 Å². The Morgan fingerprint density at radius 1 is 1.11 bits per heavy atom. The highest BCUT2D eigenvalue weighted by molar-refractivity contribution is 6.08. The molecule has 1 aliphatic rings. The van der Waals surface area contributed by atoms with E-state index in [0.29, 0.717) is 23.6 Å². The normalized spacial score (nSPS) is 13.6. The second-order valence-electron chi connectivity index (χ2n) is 8.58. The zero-order chi connectivity index (χ0) is 25.5. The molecular formula is C28H30N6O2. The number of benzene rings is 2. The number of aromatic nitrogens is 1. The second-order valence-corrected chi connectivity index (χ2v) is 8.58. The largest absolute Gasteiger partial charge is 0.461 e. The van der Waals surface area contributed by atoms with Crippen molar-refractivity contribution in [2.45, 2.75) is 13.8 Å². The predicted molar refractivity (Wildman–Crippen MR) is 142 cm³/mol. The zero-order valence-corrected chi connectivity index (χ0v) is 20.6. The Balaban J connectivity index is 1.70. The van der Waals surface area contributed by atoms with Gasteiger partial charge in [-0.25, -0.2) is 9.78 Å². The summed E-state index contributed by atoms with van der Waals surface area (Å²) in [5.41, 5.74) is 4.69. The monoisotopic (exact) mass is 482 g/mol. The summed E-state index contributed by atoms with van der Waals surface area (Å²) in [5, 5.41) is 20.7.